The lowest BCUT2D eigenvalue weighted by Gasteiger charge is -2.19. The highest BCUT2D eigenvalue weighted by atomic mass is 35.5. The lowest BCUT2D eigenvalue weighted by Crippen LogP contribution is -2.30. The maximum absolute atomic E-state index is 13.5. The highest BCUT2D eigenvalue weighted by Crippen LogP contribution is 2.24. The van der Waals surface area contributed by atoms with Gasteiger partial charge in [-0.05, 0) is 59.7 Å². The summed E-state index contributed by atoms with van der Waals surface area (Å²) in [5, 5.41) is 3.33. The molecule has 0 fully saturated rings. The van der Waals surface area contributed by atoms with Crippen molar-refractivity contribution in [3.05, 3.63) is 94.8 Å². The number of nitrogens with one attached hydrogen (secondary N) is 1. The molecule has 1 N–H and O–H groups in total. The molecule has 0 aliphatic heterocycles. The molecule has 0 heterocycles. The average Bonchev–Trinajstić information content (AvgIpc) is 2.80. The SMILES string of the molecule is CCN(CC)S(=O)(=O)c1cccc(NC(=O)C(=Cc2ccc(Cl)cc2)c2ccc(F)cc2)c1. The van der Waals surface area contributed by atoms with E-state index in [-0.39, 0.29) is 10.5 Å². The summed E-state index contributed by atoms with van der Waals surface area (Å²) in [6.45, 7) is 4.22. The van der Waals surface area contributed by atoms with Gasteiger partial charge < -0.3 is 5.32 Å². The van der Waals surface area contributed by atoms with Crippen LogP contribution in [-0.2, 0) is 14.8 Å². The predicted octanol–water partition coefficient (Wildman–Crippen LogP) is 5.69. The van der Waals surface area contributed by atoms with Crippen molar-refractivity contribution in [3.8, 4) is 0 Å². The standard InChI is InChI=1S/C25H24ClFN2O3S/c1-3-29(4-2)33(31,32)23-7-5-6-22(17-23)28-25(30)24(19-10-14-21(27)15-11-19)16-18-8-12-20(26)13-9-18/h5-17H,3-4H2,1-2H3,(H,28,30). The molecule has 0 aliphatic carbocycles. The van der Waals surface area contributed by atoms with Gasteiger partial charge in [-0.1, -0.05) is 55.8 Å². The molecule has 1 amide bonds. The number of halogens is 2. The van der Waals surface area contributed by atoms with Gasteiger partial charge in [-0.15, -0.1) is 0 Å². The van der Waals surface area contributed by atoms with Gasteiger partial charge in [0.15, 0.2) is 0 Å². The Labute approximate surface area is 198 Å². The number of carbonyl (C=O) groups is 1. The summed E-state index contributed by atoms with van der Waals surface area (Å²) in [7, 11) is -3.68. The van der Waals surface area contributed by atoms with Crippen LogP contribution in [0.25, 0.3) is 11.6 Å². The first-order valence-electron chi connectivity index (χ1n) is 10.4. The highest BCUT2D eigenvalue weighted by molar-refractivity contribution is 7.89. The zero-order valence-electron chi connectivity index (χ0n) is 18.3. The van der Waals surface area contributed by atoms with Crippen molar-refractivity contribution in [1.29, 1.82) is 0 Å². The molecule has 8 heteroatoms. The Morgan fingerprint density at radius 3 is 2.24 bits per heavy atom. The van der Waals surface area contributed by atoms with Crippen LogP contribution in [0.2, 0.25) is 5.02 Å². The number of amides is 1. The second-order valence-electron chi connectivity index (χ2n) is 7.19. The molecule has 0 atom stereocenters. The molecule has 172 valence electrons. The van der Waals surface area contributed by atoms with Crippen molar-refractivity contribution in [2.45, 2.75) is 18.7 Å². The number of hydrogen-bond donors (Lipinski definition) is 1. The van der Waals surface area contributed by atoms with E-state index in [0.29, 0.717) is 29.4 Å². The van der Waals surface area contributed by atoms with Crippen LogP contribution in [0.3, 0.4) is 0 Å². The summed E-state index contributed by atoms with van der Waals surface area (Å²) in [5.41, 5.74) is 1.86. The molecule has 3 rings (SSSR count). The maximum atomic E-state index is 13.5. The Balaban J connectivity index is 1.96. The van der Waals surface area contributed by atoms with Gasteiger partial charge in [0.2, 0.25) is 10.0 Å². The molecule has 0 radical (unpaired) electrons. The van der Waals surface area contributed by atoms with E-state index in [1.807, 2.05) is 0 Å². The Kier molecular flexibility index (Phi) is 8.02. The summed E-state index contributed by atoms with van der Waals surface area (Å²) < 4.78 is 40.5. The topological polar surface area (TPSA) is 66.5 Å². The summed E-state index contributed by atoms with van der Waals surface area (Å²) in [6.07, 6.45) is 1.66. The van der Waals surface area contributed by atoms with Crippen LogP contribution in [-0.4, -0.2) is 31.7 Å². The zero-order chi connectivity index (χ0) is 24.0. The third-order valence-electron chi connectivity index (χ3n) is 5.02. The van der Waals surface area contributed by atoms with E-state index in [4.69, 9.17) is 11.6 Å². The van der Waals surface area contributed by atoms with Gasteiger partial charge in [0, 0.05) is 29.4 Å². The number of rotatable bonds is 8. The van der Waals surface area contributed by atoms with E-state index in [1.54, 1.807) is 56.3 Å². The number of carbonyl (C=O) groups excluding carboxylic acids is 1. The molecule has 0 aromatic heterocycles. The second kappa shape index (κ2) is 10.7. The molecule has 0 saturated heterocycles. The van der Waals surface area contributed by atoms with Crippen molar-refractivity contribution in [2.24, 2.45) is 0 Å². The van der Waals surface area contributed by atoms with Crippen LogP contribution in [0.15, 0.2) is 77.7 Å². The largest absolute Gasteiger partial charge is 0.322 e. The number of nitrogens with zero attached hydrogens (tertiary/aromatic N) is 1. The predicted molar refractivity (Wildman–Crippen MR) is 131 cm³/mol. The fourth-order valence-electron chi connectivity index (χ4n) is 3.28. The summed E-state index contributed by atoms with van der Waals surface area (Å²) in [4.78, 5) is 13.3. The maximum Gasteiger partial charge on any atom is 0.256 e. The highest BCUT2D eigenvalue weighted by Gasteiger charge is 2.22. The molecular formula is C25H24ClFN2O3S. The van der Waals surface area contributed by atoms with Crippen molar-refractivity contribution in [2.75, 3.05) is 18.4 Å². The first kappa shape index (κ1) is 24.6. The minimum Gasteiger partial charge on any atom is -0.322 e. The van der Waals surface area contributed by atoms with Crippen molar-refractivity contribution in [1.82, 2.24) is 4.31 Å². The number of benzene rings is 3. The van der Waals surface area contributed by atoms with Crippen LogP contribution in [0.5, 0.6) is 0 Å². The van der Waals surface area contributed by atoms with Gasteiger partial charge in [0.25, 0.3) is 5.91 Å². The third kappa shape index (κ3) is 6.07. The smallest absolute Gasteiger partial charge is 0.256 e. The molecule has 0 spiro atoms. The van der Waals surface area contributed by atoms with Crippen LogP contribution >= 0.6 is 11.6 Å². The molecule has 0 aliphatic rings. The fourth-order valence-corrected chi connectivity index (χ4v) is 4.91. The van der Waals surface area contributed by atoms with Crippen LogP contribution < -0.4 is 5.32 Å². The molecule has 33 heavy (non-hydrogen) atoms. The average molecular weight is 487 g/mol. The second-order valence-corrected chi connectivity index (χ2v) is 9.56. The molecule has 0 bridgehead atoms. The zero-order valence-corrected chi connectivity index (χ0v) is 19.8. The van der Waals surface area contributed by atoms with Gasteiger partial charge in [-0.3, -0.25) is 4.79 Å². The van der Waals surface area contributed by atoms with Gasteiger partial charge in [0.05, 0.1) is 4.90 Å². The number of hydrogen-bond acceptors (Lipinski definition) is 3. The van der Waals surface area contributed by atoms with Crippen molar-refractivity contribution < 1.29 is 17.6 Å². The van der Waals surface area contributed by atoms with E-state index < -0.39 is 21.7 Å². The first-order chi connectivity index (χ1) is 15.7. The molecule has 3 aromatic carbocycles. The third-order valence-corrected chi connectivity index (χ3v) is 7.31. The quantitative estimate of drug-likeness (QED) is 0.328. The molecular weight excluding hydrogens is 463 g/mol. The summed E-state index contributed by atoms with van der Waals surface area (Å²) in [6, 6.07) is 18.6. The lowest BCUT2D eigenvalue weighted by atomic mass is 10.0. The van der Waals surface area contributed by atoms with E-state index >= 15 is 0 Å². The summed E-state index contributed by atoms with van der Waals surface area (Å²) >= 11 is 5.95. The number of anilines is 1. The monoisotopic (exact) mass is 486 g/mol. The van der Waals surface area contributed by atoms with E-state index in [9.17, 15) is 17.6 Å². The Hall–Kier alpha value is -3.00. The van der Waals surface area contributed by atoms with Gasteiger partial charge in [-0.2, -0.15) is 4.31 Å². The number of sulfonamides is 1. The minimum atomic E-state index is -3.68. The van der Waals surface area contributed by atoms with Gasteiger partial charge in [-0.25, -0.2) is 12.8 Å². The van der Waals surface area contributed by atoms with Crippen LogP contribution in [0.4, 0.5) is 10.1 Å². The van der Waals surface area contributed by atoms with Crippen molar-refractivity contribution in [3.63, 3.8) is 0 Å². The molecule has 5 nitrogen and oxygen atoms in total. The van der Waals surface area contributed by atoms with Crippen LogP contribution in [0.1, 0.15) is 25.0 Å². The van der Waals surface area contributed by atoms with E-state index in [2.05, 4.69) is 5.32 Å². The fraction of sp³-hybridized carbons (Fsp3) is 0.160. The summed E-state index contributed by atoms with van der Waals surface area (Å²) in [5.74, 6) is -0.881. The Bertz CT molecular complexity index is 1250. The lowest BCUT2D eigenvalue weighted by molar-refractivity contribution is -0.111. The van der Waals surface area contributed by atoms with Crippen LogP contribution in [0, 0.1) is 5.82 Å². The first-order valence-corrected chi connectivity index (χ1v) is 12.2. The minimum absolute atomic E-state index is 0.0917. The van der Waals surface area contributed by atoms with E-state index in [1.165, 1.54) is 40.7 Å². The Morgan fingerprint density at radius 2 is 1.64 bits per heavy atom. The van der Waals surface area contributed by atoms with Crippen molar-refractivity contribution >= 4 is 44.9 Å². The van der Waals surface area contributed by atoms with Gasteiger partial charge >= 0.3 is 0 Å². The molecule has 0 unspecified atom stereocenters. The molecule has 0 saturated carbocycles. The van der Waals surface area contributed by atoms with Gasteiger partial charge in [0.1, 0.15) is 5.82 Å². The Morgan fingerprint density at radius 1 is 1.00 bits per heavy atom. The molecule has 3 aromatic rings. The normalized spacial score (nSPS) is 12.1. The van der Waals surface area contributed by atoms with E-state index in [0.717, 1.165) is 5.56 Å².